The monoisotopic (exact) mass is 905 g/mol. The van der Waals surface area contributed by atoms with E-state index in [0.717, 1.165) is 24.9 Å². The second kappa shape index (κ2) is 22.8. The number of aliphatic hydroxyl groups excluding tert-OH is 1. The van der Waals surface area contributed by atoms with E-state index in [9.17, 15) is 39.3 Å². The molecule has 0 bridgehead atoms. The molecule has 0 radical (unpaired) electrons. The molecular formula is C52H76N2O11. The van der Waals surface area contributed by atoms with Crippen LogP contribution in [0.15, 0.2) is 71.9 Å². The van der Waals surface area contributed by atoms with Gasteiger partial charge in [-0.05, 0) is 48.8 Å². The Morgan fingerprint density at radius 2 is 1.51 bits per heavy atom. The summed E-state index contributed by atoms with van der Waals surface area (Å²) in [5, 5.41) is 43.1. The topological polar surface area (TPSA) is 200 Å². The number of anilines is 1. The van der Waals surface area contributed by atoms with Crippen molar-refractivity contribution < 1.29 is 54.0 Å². The summed E-state index contributed by atoms with van der Waals surface area (Å²) >= 11 is 0. The number of nitrogens with one attached hydrogen (secondary N) is 1. The lowest BCUT2D eigenvalue weighted by Gasteiger charge is -2.53. The summed E-state index contributed by atoms with van der Waals surface area (Å²) in [6.45, 7) is 12.2. The highest BCUT2D eigenvalue weighted by Gasteiger charge is 2.87. The Labute approximate surface area is 386 Å². The Morgan fingerprint density at radius 1 is 0.923 bits per heavy atom. The average molecular weight is 905 g/mol. The number of nitrogens with zero attached hydrogens (tertiary/aromatic N) is 1. The van der Waals surface area contributed by atoms with E-state index in [4.69, 9.17) is 14.7 Å². The third kappa shape index (κ3) is 11.6. The van der Waals surface area contributed by atoms with Crippen molar-refractivity contribution >= 4 is 35.1 Å². The summed E-state index contributed by atoms with van der Waals surface area (Å²) in [5.41, 5.74) is -1.54. The number of carbonyl (C=O) groups excluding carboxylic acids is 5. The zero-order valence-electron chi connectivity index (χ0n) is 40.2. The van der Waals surface area contributed by atoms with Crippen LogP contribution in [-0.2, 0) is 28.7 Å². The van der Waals surface area contributed by atoms with Crippen LogP contribution in [0.5, 0.6) is 0 Å². The van der Waals surface area contributed by atoms with Gasteiger partial charge in [0, 0.05) is 86.2 Å². The first-order chi connectivity index (χ1) is 30.7. The largest absolute Gasteiger partial charge is 0.458 e. The van der Waals surface area contributed by atoms with Gasteiger partial charge in [0.25, 0.3) is 5.91 Å². The molecule has 2 fully saturated rings. The molecule has 0 aromatic heterocycles. The fourth-order valence-electron chi connectivity index (χ4n) is 10.9. The van der Waals surface area contributed by atoms with Gasteiger partial charge >= 0.3 is 11.9 Å². The number of hydroxylamine groups is 1. The van der Waals surface area contributed by atoms with Crippen molar-refractivity contribution in [2.75, 3.05) is 25.6 Å². The van der Waals surface area contributed by atoms with Gasteiger partial charge in [0.15, 0.2) is 17.2 Å². The molecule has 1 amide bonds. The standard InChI is InChI=1S/C36H56O8.C16H20N2O3/c1-7-8-9-10-11-12-13-14-15-16-17-18-29(39)43-32-24(3)35(42)27(30-33(5,6)36(30,32)44-25(4)38)20-26(22-37)21-34(41)28(35)19-23(2)31(34)40;1-12(6-4-5-7-15(19)17-21)16(20)13-8-10-14(11-9-13)18(2)3/h19-20,24,27-28,30,32,37,41-42H,7-18,21-22H2,1-6H3;4-12,21H,1-3H3,(H,17,19)/b;6-4+,7-5+/t24-,27+,28-,30-,32-,34-,35-,36-;12-/m11/s1. The summed E-state index contributed by atoms with van der Waals surface area (Å²) in [4.78, 5) is 64.1. The molecular weight excluding hydrogens is 829 g/mol. The van der Waals surface area contributed by atoms with Gasteiger partial charge in [-0.15, -0.1) is 0 Å². The predicted molar refractivity (Wildman–Crippen MR) is 250 cm³/mol. The van der Waals surface area contributed by atoms with E-state index >= 15 is 0 Å². The minimum atomic E-state index is -1.93. The minimum Gasteiger partial charge on any atom is -0.458 e. The second-order valence-corrected chi connectivity index (χ2v) is 19.5. The van der Waals surface area contributed by atoms with Crippen LogP contribution < -0.4 is 10.4 Å². The third-order valence-corrected chi connectivity index (χ3v) is 14.5. The van der Waals surface area contributed by atoms with Crippen molar-refractivity contribution in [3.8, 4) is 0 Å². The number of unbranched alkanes of at least 4 members (excludes halogenated alkanes) is 10. The summed E-state index contributed by atoms with van der Waals surface area (Å²) in [6, 6.07) is 7.40. The van der Waals surface area contributed by atoms with Crippen LogP contribution in [0.25, 0.3) is 0 Å². The number of ketones is 2. The number of esters is 2. The number of rotatable bonds is 21. The smallest absolute Gasteiger partial charge is 0.306 e. The Bertz CT molecular complexity index is 1970. The Morgan fingerprint density at radius 3 is 2.05 bits per heavy atom. The Hall–Kier alpha value is -4.43. The number of hydrogen-bond acceptors (Lipinski definition) is 12. The molecule has 13 nitrogen and oxygen atoms in total. The van der Waals surface area contributed by atoms with Gasteiger partial charge in [0.2, 0.25) is 0 Å². The van der Waals surface area contributed by atoms with Crippen LogP contribution in [0, 0.1) is 35.0 Å². The van der Waals surface area contributed by atoms with E-state index in [2.05, 4.69) is 6.92 Å². The number of hydrogen-bond donors (Lipinski definition) is 5. The zero-order valence-corrected chi connectivity index (χ0v) is 40.2. The lowest BCUT2D eigenvalue weighted by atomic mass is 9.59. The SMILES string of the molecule is CCCCCCCCCCCCCC(=O)O[C@@H]1[C@@H](C)[C@@]2(O)[C@@H](C=C(CO)C[C@]3(O)C(=O)C(C)=C[C@@H]23)[C@@H]2C(C)(C)[C@]12OC(C)=O.C[C@H](/C=C/C=C/C(=O)NO)C(=O)c1ccc(N(C)C)cc1. The zero-order chi connectivity index (χ0) is 48.3. The number of amides is 1. The second-order valence-electron chi connectivity index (χ2n) is 19.5. The van der Waals surface area contributed by atoms with Crippen molar-refractivity contribution in [3.63, 3.8) is 0 Å². The molecule has 0 aliphatic heterocycles. The van der Waals surface area contributed by atoms with Gasteiger partial charge in [-0.1, -0.05) is 129 Å². The van der Waals surface area contributed by atoms with Crippen molar-refractivity contribution in [1.29, 1.82) is 0 Å². The maximum absolute atomic E-state index is 13.3. The number of ether oxygens (including phenoxy) is 2. The maximum atomic E-state index is 13.3. The molecule has 5 N–H and O–H groups in total. The summed E-state index contributed by atoms with van der Waals surface area (Å²) < 4.78 is 12.3. The molecule has 4 aliphatic carbocycles. The summed E-state index contributed by atoms with van der Waals surface area (Å²) in [6.07, 6.45) is 21.3. The quantitative estimate of drug-likeness (QED) is 0.0117. The average Bonchev–Trinajstić information content (AvgIpc) is 3.69. The fraction of sp³-hybridized carbons (Fsp3) is 0.635. The lowest BCUT2D eigenvalue weighted by molar-refractivity contribution is -0.228. The number of benzene rings is 1. The maximum Gasteiger partial charge on any atom is 0.306 e. The van der Waals surface area contributed by atoms with Gasteiger partial charge in [0.1, 0.15) is 11.7 Å². The first kappa shape index (κ1) is 53.2. The number of allylic oxidation sites excluding steroid dienone is 3. The number of aliphatic hydroxyl groups is 3. The van der Waals surface area contributed by atoms with Crippen molar-refractivity contribution in [1.82, 2.24) is 5.48 Å². The van der Waals surface area contributed by atoms with Crippen molar-refractivity contribution in [2.24, 2.45) is 35.0 Å². The number of Topliss-reactive ketones (excluding diaryl/α,β-unsaturated/α-hetero) is 2. The predicted octanol–water partition coefficient (Wildman–Crippen LogP) is 7.94. The van der Waals surface area contributed by atoms with E-state index in [1.807, 2.05) is 45.0 Å². The fourth-order valence-corrected chi connectivity index (χ4v) is 10.9. The molecule has 0 unspecified atom stereocenters. The number of fused-ring (bicyclic) bond motifs is 5. The molecule has 0 saturated heterocycles. The Kier molecular flexibility index (Phi) is 18.7. The van der Waals surface area contributed by atoms with E-state index in [1.54, 1.807) is 57.2 Å². The van der Waals surface area contributed by atoms with E-state index in [0.29, 0.717) is 23.1 Å². The van der Waals surface area contributed by atoms with Gasteiger partial charge in [0.05, 0.1) is 12.2 Å². The van der Waals surface area contributed by atoms with Crippen molar-refractivity contribution in [3.05, 3.63) is 77.4 Å². The van der Waals surface area contributed by atoms with Gasteiger partial charge in [-0.3, -0.25) is 29.2 Å². The first-order valence-electron chi connectivity index (χ1n) is 23.7. The van der Waals surface area contributed by atoms with Crippen LogP contribution in [0.3, 0.4) is 0 Å². The molecule has 13 heteroatoms. The van der Waals surface area contributed by atoms with E-state index in [-0.39, 0.29) is 31.1 Å². The molecule has 1 aromatic rings. The molecule has 9 atom stereocenters. The molecule has 65 heavy (non-hydrogen) atoms. The van der Waals surface area contributed by atoms with Crippen LogP contribution in [0.1, 0.15) is 142 Å². The van der Waals surface area contributed by atoms with Crippen LogP contribution in [0.4, 0.5) is 5.69 Å². The Balaban J connectivity index is 0.000000369. The first-order valence-corrected chi connectivity index (χ1v) is 23.7. The van der Waals surface area contributed by atoms with Gasteiger partial charge in [-0.25, -0.2) is 5.48 Å². The van der Waals surface area contributed by atoms with Crippen LogP contribution >= 0.6 is 0 Å². The molecule has 5 rings (SSSR count). The van der Waals surface area contributed by atoms with Crippen molar-refractivity contribution in [2.45, 2.75) is 155 Å². The normalized spacial score (nSPS) is 28.9. The van der Waals surface area contributed by atoms with Crippen LogP contribution in [-0.4, -0.2) is 93.5 Å². The van der Waals surface area contributed by atoms with E-state index < -0.39 is 75.6 Å². The third-order valence-electron chi connectivity index (χ3n) is 14.5. The summed E-state index contributed by atoms with van der Waals surface area (Å²) in [7, 11) is 3.88. The molecule has 0 heterocycles. The molecule has 2 saturated carbocycles. The molecule has 360 valence electrons. The number of carbonyl (C=O) groups is 5. The van der Waals surface area contributed by atoms with Gasteiger partial charge < -0.3 is 29.7 Å². The lowest BCUT2D eigenvalue weighted by Crippen LogP contribution is -2.66. The summed E-state index contributed by atoms with van der Waals surface area (Å²) in [5.74, 6) is -5.19. The highest BCUT2D eigenvalue weighted by Crippen LogP contribution is 2.77. The van der Waals surface area contributed by atoms with E-state index in [1.165, 1.54) is 69.5 Å². The minimum absolute atomic E-state index is 0.0107. The molecule has 4 aliphatic rings. The molecule has 1 aromatic carbocycles. The van der Waals surface area contributed by atoms with Crippen LogP contribution in [0.2, 0.25) is 0 Å². The van der Waals surface area contributed by atoms with Gasteiger partial charge in [-0.2, -0.15) is 0 Å². The molecule has 0 spiro atoms. The highest BCUT2D eigenvalue weighted by molar-refractivity contribution is 6.05. The highest BCUT2D eigenvalue weighted by atomic mass is 16.6.